The number of carboxylic acid groups (broad SMARTS) is 1. The molecule has 1 fully saturated rings. The number of rotatable bonds is 3. The first-order valence-electron chi connectivity index (χ1n) is 4.42. The summed E-state index contributed by atoms with van der Waals surface area (Å²) >= 11 is 0. The van der Waals surface area contributed by atoms with Crippen LogP contribution in [0.15, 0.2) is 0 Å². The van der Waals surface area contributed by atoms with Gasteiger partial charge in [-0.2, -0.15) is 0 Å². The molecule has 0 aromatic rings. The molecule has 2 atom stereocenters. The summed E-state index contributed by atoms with van der Waals surface area (Å²) in [7, 11) is 0. The van der Waals surface area contributed by atoms with Gasteiger partial charge in [0.05, 0.1) is 0 Å². The number of aliphatic carboxylic acids is 1. The fraction of sp³-hybridized carbons (Fsp3) is 0.889. The highest BCUT2D eigenvalue weighted by molar-refractivity contribution is 5.72. The fourth-order valence-corrected chi connectivity index (χ4v) is 1.55. The van der Waals surface area contributed by atoms with Crippen molar-refractivity contribution in [2.45, 2.75) is 45.7 Å². The molecule has 1 rings (SSSR count). The Morgan fingerprint density at radius 3 is 2.50 bits per heavy atom. The third-order valence-electron chi connectivity index (χ3n) is 2.84. The molecule has 0 aliphatic heterocycles. The van der Waals surface area contributed by atoms with Crippen LogP contribution >= 0.6 is 0 Å². The van der Waals surface area contributed by atoms with E-state index in [9.17, 15) is 4.79 Å². The molecule has 70 valence electrons. The highest BCUT2D eigenvalue weighted by Gasteiger charge is 2.39. The van der Waals surface area contributed by atoms with Gasteiger partial charge in [-0.3, -0.25) is 4.79 Å². The van der Waals surface area contributed by atoms with Crippen LogP contribution in [0.5, 0.6) is 0 Å². The molecule has 1 saturated carbocycles. The lowest BCUT2D eigenvalue weighted by Crippen LogP contribution is -2.54. The SMILES string of the molecule is C[C@@H](NC1CCC1(C)C)C(=O)O. The van der Waals surface area contributed by atoms with E-state index in [-0.39, 0.29) is 5.41 Å². The third kappa shape index (κ3) is 1.78. The van der Waals surface area contributed by atoms with Crippen LogP contribution in [0.1, 0.15) is 33.6 Å². The minimum atomic E-state index is -0.766. The van der Waals surface area contributed by atoms with Crippen LogP contribution in [0.2, 0.25) is 0 Å². The first-order valence-corrected chi connectivity index (χ1v) is 4.42. The first-order chi connectivity index (χ1) is 5.43. The van der Waals surface area contributed by atoms with Crippen LogP contribution in [0, 0.1) is 5.41 Å². The summed E-state index contributed by atoms with van der Waals surface area (Å²) in [6.45, 7) is 6.03. The largest absolute Gasteiger partial charge is 0.480 e. The van der Waals surface area contributed by atoms with Crippen molar-refractivity contribution < 1.29 is 9.90 Å². The van der Waals surface area contributed by atoms with Crippen LogP contribution in [0.4, 0.5) is 0 Å². The van der Waals surface area contributed by atoms with Crippen molar-refractivity contribution in [1.82, 2.24) is 5.32 Å². The Kier molecular flexibility index (Phi) is 2.42. The van der Waals surface area contributed by atoms with E-state index in [1.807, 2.05) is 0 Å². The third-order valence-corrected chi connectivity index (χ3v) is 2.84. The Morgan fingerprint density at radius 2 is 2.25 bits per heavy atom. The molecule has 1 aliphatic carbocycles. The van der Waals surface area contributed by atoms with Gasteiger partial charge in [-0.25, -0.2) is 0 Å². The van der Waals surface area contributed by atoms with E-state index >= 15 is 0 Å². The van der Waals surface area contributed by atoms with E-state index < -0.39 is 12.0 Å². The zero-order chi connectivity index (χ0) is 9.35. The standard InChI is InChI=1S/C9H17NO2/c1-6(8(11)12)10-7-4-5-9(7,2)3/h6-7,10H,4-5H2,1-3H3,(H,11,12)/t6-,7?/m1/s1. The molecular formula is C9H17NO2. The van der Waals surface area contributed by atoms with Gasteiger partial charge in [0.2, 0.25) is 0 Å². The monoisotopic (exact) mass is 171 g/mol. The summed E-state index contributed by atoms with van der Waals surface area (Å²) in [5.74, 6) is -0.766. The fourth-order valence-electron chi connectivity index (χ4n) is 1.55. The van der Waals surface area contributed by atoms with Crippen LogP contribution in [-0.4, -0.2) is 23.2 Å². The van der Waals surface area contributed by atoms with Crippen LogP contribution in [0.25, 0.3) is 0 Å². The molecule has 0 aromatic heterocycles. The van der Waals surface area contributed by atoms with E-state index in [1.54, 1.807) is 6.92 Å². The number of carboxylic acids is 1. The molecule has 3 heteroatoms. The molecule has 0 bridgehead atoms. The zero-order valence-electron chi connectivity index (χ0n) is 7.92. The van der Waals surface area contributed by atoms with Gasteiger partial charge in [0.15, 0.2) is 0 Å². The molecule has 0 amide bonds. The molecule has 1 unspecified atom stereocenters. The second-order valence-electron chi connectivity index (χ2n) is 4.31. The van der Waals surface area contributed by atoms with Crippen molar-refractivity contribution >= 4 is 5.97 Å². The summed E-state index contributed by atoms with van der Waals surface area (Å²) < 4.78 is 0. The maximum Gasteiger partial charge on any atom is 0.320 e. The Morgan fingerprint density at radius 1 is 1.67 bits per heavy atom. The topological polar surface area (TPSA) is 49.3 Å². The van der Waals surface area contributed by atoms with Crippen molar-refractivity contribution in [3.63, 3.8) is 0 Å². The Balaban J connectivity index is 2.37. The van der Waals surface area contributed by atoms with Crippen molar-refractivity contribution in [2.24, 2.45) is 5.41 Å². The van der Waals surface area contributed by atoms with Crippen LogP contribution < -0.4 is 5.32 Å². The second kappa shape index (κ2) is 3.05. The average Bonchev–Trinajstić information content (AvgIpc) is 1.97. The summed E-state index contributed by atoms with van der Waals surface area (Å²) in [6.07, 6.45) is 2.29. The van der Waals surface area contributed by atoms with Crippen LogP contribution in [-0.2, 0) is 4.79 Å². The lowest BCUT2D eigenvalue weighted by atomic mass is 9.67. The van der Waals surface area contributed by atoms with E-state index in [4.69, 9.17) is 5.11 Å². The highest BCUT2D eigenvalue weighted by atomic mass is 16.4. The van der Waals surface area contributed by atoms with Gasteiger partial charge in [-0.1, -0.05) is 13.8 Å². The molecule has 2 N–H and O–H groups in total. The van der Waals surface area contributed by atoms with E-state index in [1.165, 1.54) is 6.42 Å². The highest BCUT2D eigenvalue weighted by Crippen LogP contribution is 2.40. The molecular weight excluding hydrogens is 154 g/mol. The molecule has 0 saturated heterocycles. The lowest BCUT2D eigenvalue weighted by molar-refractivity contribution is -0.139. The van der Waals surface area contributed by atoms with Crippen molar-refractivity contribution in [2.75, 3.05) is 0 Å². The minimum Gasteiger partial charge on any atom is -0.480 e. The van der Waals surface area contributed by atoms with Gasteiger partial charge in [0.25, 0.3) is 0 Å². The van der Waals surface area contributed by atoms with Crippen molar-refractivity contribution in [3.8, 4) is 0 Å². The molecule has 0 heterocycles. The number of nitrogens with one attached hydrogen (secondary N) is 1. The second-order valence-corrected chi connectivity index (χ2v) is 4.31. The quantitative estimate of drug-likeness (QED) is 0.671. The minimum absolute atomic E-state index is 0.281. The van der Waals surface area contributed by atoms with Crippen LogP contribution in [0.3, 0.4) is 0 Å². The summed E-state index contributed by atoms with van der Waals surface area (Å²) in [5.41, 5.74) is 0.281. The average molecular weight is 171 g/mol. The Labute approximate surface area is 73.2 Å². The summed E-state index contributed by atoms with van der Waals surface area (Å²) in [6, 6.07) is -0.0434. The molecule has 0 radical (unpaired) electrons. The lowest BCUT2D eigenvalue weighted by Gasteiger charge is -2.45. The Hall–Kier alpha value is -0.570. The van der Waals surface area contributed by atoms with Crippen molar-refractivity contribution in [1.29, 1.82) is 0 Å². The number of carbonyl (C=O) groups is 1. The van der Waals surface area contributed by atoms with Crippen molar-refractivity contribution in [3.05, 3.63) is 0 Å². The van der Waals surface area contributed by atoms with Gasteiger partial charge < -0.3 is 10.4 Å². The maximum atomic E-state index is 10.5. The summed E-state index contributed by atoms with van der Waals surface area (Å²) in [5, 5.41) is 11.8. The van der Waals surface area contributed by atoms with E-state index in [0.29, 0.717) is 6.04 Å². The maximum absolute atomic E-state index is 10.5. The molecule has 3 nitrogen and oxygen atoms in total. The predicted octanol–water partition coefficient (Wildman–Crippen LogP) is 1.24. The predicted molar refractivity (Wildman–Crippen MR) is 47.0 cm³/mol. The molecule has 1 aliphatic rings. The molecule has 0 aromatic carbocycles. The van der Waals surface area contributed by atoms with E-state index in [0.717, 1.165) is 6.42 Å². The molecule has 0 spiro atoms. The van der Waals surface area contributed by atoms with Gasteiger partial charge in [-0.05, 0) is 25.2 Å². The van der Waals surface area contributed by atoms with Gasteiger partial charge >= 0.3 is 5.97 Å². The van der Waals surface area contributed by atoms with E-state index in [2.05, 4.69) is 19.2 Å². The molecule has 12 heavy (non-hydrogen) atoms. The number of hydrogen-bond donors (Lipinski definition) is 2. The van der Waals surface area contributed by atoms with Gasteiger partial charge in [0, 0.05) is 6.04 Å². The number of hydrogen-bond acceptors (Lipinski definition) is 2. The smallest absolute Gasteiger partial charge is 0.320 e. The van der Waals surface area contributed by atoms with Gasteiger partial charge in [-0.15, -0.1) is 0 Å². The normalized spacial score (nSPS) is 29.1. The zero-order valence-corrected chi connectivity index (χ0v) is 7.92. The Bertz CT molecular complexity index is 189. The first kappa shape index (κ1) is 9.52. The summed E-state index contributed by atoms with van der Waals surface area (Å²) in [4.78, 5) is 10.5. The van der Waals surface area contributed by atoms with Gasteiger partial charge in [0.1, 0.15) is 6.04 Å².